The normalized spacial score (nSPS) is 31.3. The van der Waals surface area contributed by atoms with Crippen LogP contribution in [-0.2, 0) is 4.74 Å². The Morgan fingerprint density at radius 1 is 1.06 bits per heavy atom. The van der Waals surface area contributed by atoms with Crippen LogP contribution in [0, 0.1) is 0 Å². The van der Waals surface area contributed by atoms with E-state index >= 15 is 0 Å². The maximum Gasteiger partial charge on any atom is 0.0710 e. The van der Waals surface area contributed by atoms with Crippen LogP contribution in [0.5, 0.6) is 0 Å². The quantitative estimate of drug-likeness (QED) is 0.816. The minimum atomic E-state index is 0.247. The fourth-order valence-corrected chi connectivity index (χ4v) is 3.84. The molecule has 18 heavy (non-hydrogen) atoms. The van der Waals surface area contributed by atoms with E-state index in [9.17, 15) is 0 Å². The highest BCUT2D eigenvalue weighted by Gasteiger charge is 2.42. The van der Waals surface area contributed by atoms with E-state index < -0.39 is 0 Å². The summed E-state index contributed by atoms with van der Waals surface area (Å²) < 4.78 is 6.42. The zero-order valence-corrected chi connectivity index (χ0v) is 11.4. The van der Waals surface area contributed by atoms with E-state index in [1.165, 1.54) is 57.8 Å². The first-order valence-electron chi connectivity index (χ1n) is 7.84. The summed E-state index contributed by atoms with van der Waals surface area (Å²) in [6, 6.07) is 0.739. The molecule has 2 saturated carbocycles. The number of aliphatic hydroxyl groups excluding tert-OH is 1. The molecule has 104 valence electrons. The lowest BCUT2D eigenvalue weighted by Crippen LogP contribution is -2.38. The van der Waals surface area contributed by atoms with Crippen molar-refractivity contribution in [1.82, 2.24) is 4.90 Å². The van der Waals surface area contributed by atoms with Crippen molar-refractivity contribution in [2.45, 2.75) is 75.5 Å². The van der Waals surface area contributed by atoms with Gasteiger partial charge in [0.2, 0.25) is 0 Å². The molecule has 0 aromatic carbocycles. The second-order valence-electron chi connectivity index (χ2n) is 6.47. The van der Waals surface area contributed by atoms with E-state index in [0.717, 1.165) is 19.1 Å². The maximum absolute atomic E-state index is 9.15. The van der Waals surface area contributed by atoms with Gasteiger partial charge in [0.25, 0.3) is 0 Å². The second kappa shape index (κ2) is 5.48. The molecule has 1 spiro atoms. The molecule has 0 aromatic heterocycles. The Kier molecular flexibility index (Phi) is 3.92. The molecule has 1 heterocycles. The van der Waals surface area contributed by atoms with Crippen molar-refractivity contribution in [1.29, 1.82) is 0 Å². The number of nitrogens with zero attached hydrogens (tertiary/aromatic N) is 1. The van der Waals surface area contributed by atoms with Gasteiger partial charge in [-0.05, 0) is 38.5 Å². The first kappa shape index (κ1) is 12.9. The summed E-state index contributed by atoms with van der Waals surface area (Å²) in [6.07, 6.45) is 12.2. The van der Waals surface area contributed by atoms with E-state index in [1.54, 1.807) is 0 Å². The third kappa shape index (κ3) is 2.89. The van der Waals surface area contributed by atoms with Crippen LogP contribution in [0.2, 0.25) is 0 Å². The van der Waals surface area contributed by atoms with E-state index in [0.29, 0.717) is 6.10 Å². The molecule has 2 aliphatic carbocycles. The fourth-order valence-electron chi connectivity index (χ4n) is 3.84. The Balaban J connectivity index is 1.51. The molecule has 3 nitrogen and oxygen atoms in total. The molecule has 0 aromatic rings. The first-order chi connectivity index (χ1) is 8.81. The molecule has 1 atom stereocenters. The molecule has 0 amide bonds. The van der Waals surface area contributed by atoms with Gasteiger partial charge < -0.3 is 9.84 Å². The average Bonchev–Trinajstić information content (AvgIpc) is 3.16. The van der Waals surface area contributed by atoms with Gasteiger partial charge in [-0.3, -0.25) is 4.90 Å². The zero-order valence-electron chi connectivity index (χ0n) is 11.4. The fraction of sp³-hybridized carbons (Fsp3) is 1.00. The summed E-state index contributed by atoms with van der Waals surface area (Å²) >= 11 is 0. The molecule has 1 N–H and O–H groups in total. The lowest BCUT2D eigenvalue weighted by Gasteiger charge is -2.34. The van der Waals surface area contributed by atoms with Gasteiger partial charge in [0.05, 0.1) is 18.3 Å². The highest BCUT2D eigenvalue weighted by atomic mass is 16.5. The molecule has 0 bridgehead atoms. The average molecular weight is 253 g/mol. The van der Waals surface area contributed by atoms with E-state index in [1.807, 2.05) is 0 Å². The molecule has 0 radical (unpaired) electrons. The van der Waals surface area contributed by atoms with Crippen LogP contribution < -0.4 is 0 Å². The van der Waals surface area contributed by atoms with Gasteiger partial charge in [0.15, 0.2) is 0 Å². The van der Waals surface area contributed by atoms with E-state index in [4.69, 9.17) is 9.84 Å². The van der Waals surface area contributed by atoms with Crippen molar-refractivity contribution in [3.8, 4) is 0 Å². The molecule has 3 aliphatic rings. The van der Waals surface area contributed by atoms with Crippen LogP contribution in [-0.4, -0.2) is 47.4 Å². The molecule has 3 heteroatoms. The number of rotatable bonds is 5. The molecule has 1 saturated heterocycles. The lowest BCUT2D eigenvalue weighted by atomic mass is 9.83. The van der Waals surface area contributed by atoms with Crippen LogP contribution in [0.25, 0.3) is 0 Å². The SMILES string of the molecule is OCCN(CC1CCC2(CCCCC2)O1)C1CC1. The highest BCUT2D eigenvalue weighted by molar-refractivity contribution is 4.93. The van der Waals surface area contributed by atoms with Crippen LogP contribution >= 0.6 is 0 Å². The van der Waals surface area contributed by atoms with Gasteiger partial charge in [0, 0.05) is 19.1 Å². The lowest BCUT2D eigenvalue weighted by molar-refractivity contribution is -0.0730. The topological polar surface area (TPSA) is 32.7 Å². The van der Waals surface area contributed by atoms with Gasteiger partial charge >= 0.3 is 0 Å². The molecule has 3 fully saturated rings. The van der Waals surface area contributed by atoms with Crippen LogP contribution in [0.1, 0.15) is 57.8 Å². The zero-order chi connectivity index (χ0) is 12.4. The summed E-state index contributed by atoms with van der Waals surface area (Å²) in [5.74, 6) is 0. The Labute approximate surface area is 110 Å². The van der Waals surface area contributed by atoms with Crippen molar-refractivity contribution in [3.63, 3.8) is 0 Å². The van der Waals surface area contributed by atoms with Crippen molar-refractivity contribution < 1.29 is 9.84 Å². The first-order valence-corrected chi connectivity index (χ1v) is 7.84. The minimum Gasteiger partial charge on any atom is -0.395 e. The van der Waals surface area contributed by atoms with Crippen molar-refractivity contribution in [3.05, 3.63) is 0 Å². The Morgan fingerprint density at radius 3 is 2.50 bits per heavy atom. The predicted molar refractivity (Wildman–Crippen MR) is 71.6 cm³/mol. The second-order valence-corrected chi connectivity index (χ2v) is 6.47. The maximum atomic E-state index is 9.15. The van der Waals surface area contributed by atoms with Crippen LogP contribution in [0.4, 0.5) is 0 Å². The standard InChI is InChI=1S/C15H27NO2/c17-11-10-16(13-4-5-13)12-14-6-9-15(18-14)7-2-1-3-8-15/h13-14,17H,1-12H2. The van der Waals surface area contributed by atoms with Crippen LogP contribution in [0.3, 0.4) is 0 Å². The van der Waals surface area contributed by atoms with Gasteiger partial charge in [-0.2, -0.15) is 0 Å². The summed E-state index contributed by atoms with van der Waals surface area (Å²) in [5.41, 5.74) is 0.247. The van der Waals surface area contributed by atoms with Gasteiger partial charge in [0.1, 0.15) is 0 Å². The highest BCUT2D eigenvalue weighted by Crippen LogP contribution is 2.42. The molecule has 3 rings (SSSR count). The molecular formula is C15H27NO2. The van der Waals surface area contributed by atoms with Gasteiger partial charge in [-0.25, -0.2) is 0 Å². The Hall–Kier alpha value is -0.120. The van der Waals surface area contributed by atoms with Crippen molar-refractivity contribution >= 4 is 0 Å². The summed E-state index contributed by atoms with van der Waals surface area (Å²) in [6.45, 7) is 2.17. The monoisotopic (exact) mass is 253 g/mol. The Morgan fingerprint density at radius 2 is 1.83 bits per heavy atom. The van der Waals surface area contributed by atoms with Crippen LogP contribution in [0.15, 0.2) is 0 Å². The third-order valence-electron chi connectivity index (χ3n) is 4.99. The third-order valence-corrected chi connectivity index (χ3v) is 4.99. The van der Waals surface area contributed by atoms with E-state index in [-0.39, 0.29) is 12.2 Å². The van der Waals surface area contributed by atoms with Crippen molar-refractivity contribution in [2.24, 2.45) is 0 Å². The van der Waals surface area contributed by atoms with E-state index in [2.05, 4.69) is 4.90 Å². The van der Waals surface area contributed by atoms with Gasteiger partial charge in [-0.1, -0.05) is 19.3 Å². The predicted octanol–water partition coefficient (Wildman–Crippen LogP) is 2.33. The number of aliphatic hydroxyl groups is 1. The van der Waals surface area contributed by atoms with Crippen molar-refractivity contribution in [2.75, 3.05) is 19.7 Å². The summed E-state index contributed by atoms with van der Waals surface area (Å²) in [4.78, 5) is 2.45. The minimum absolute atomic E-state index is 0.247. The number of hydrogen-bond acceptors (Lipinski definition) is 3. The molecule has 1 aliphatic heterocycles. The molecule has 1 unspecified atom stereocenters. The number of hydrogen-bond donors (Lipinski definition) is 1. The smallest absolute Gasteiger partial charge is 0.0710 e. The molecular weight excluding hydrogens is 226 g/mol. The summed E-state index contributed by atoms with van der Waals surface area (Å²) in [7, 11) is 0. The summed E-state index contributed by atoms with van der Waals surface area (Å²) in [5, 5.41) is 9.15. The number of ether oxygens (including phenoxy) is 1. The van der Waals surface area contributed by atoms with Gasteiger partial charge in [-0.15, -0.1) is 0 Å². The Bertz CT molecular complexity index is 272. The largest absolute Gasteiger partial charge is 0.395 e.